The molecule has 0 spiro atoms. The smallest absolute Gasteiger partial charge is 0.128 e. The molecule has 1 aromatic rings. The van der Waals surface area contributed by atoms with E-state index in [0.717, 1.165) is 42.0 Å². The van der Waals surface area contributed by atoms with E-state index in [4.69, 9.17) is 9.47 Å². The summed E-state index contributed by atoms with van der Waals surface area (Å²) in [5, 5.41) is 3.40. The normalized spacial score (nSPS) is 23.9. The summed E-state index contributed by atoms with van der Waals surface area (Å²) in [6.07, 6.45) is 4.18. The zero-order chi connectivity index (χ0) is 14.7. The van der Waals surface area contributed by atoms with Gasteiger partial charge in [0.25, 0.3) is 0 Å². The van der Waals surface area contributed by atoms with E-state index in [1.807, 2.05) is 20.2 Å². The SMILES string of the molecule is CNC(Cc1ncc(C)c(OC)c1C)C1OCCC1C. The summed E-state index contributed by atoms with van der Waals surface area (Å²) in [6, 6.07) is 0.297. The number of likely N-dealkylation sites (N-methyl/N-ethyl adjacent to an activating group) is 1. The number of hydrogen-bond acceptors (Lipinski definition) is 4. The fourth-order valence-electron chi connectivity index (χ4n) is 3.10. The summed E-state index contributed by atoms with van der Waals surface area (Å²) in [4.78, 5) is 4.60. The largest absolute Gasteiger partial charge is 0.496 e. The number of ether oxygens (including phenoxy) is 2. The first-order chi connectivity index (χ1) is 9.58. The second-order valence-electron chi connectivity index (χ2n) is 5.75. The first kappa shape index (κ1) is 15.3. The summed E-state index contributed by atoms with van der Waals surface area (Å²) < 4.78 is 11.4. The van der Waals surface area contributed by atoms with Crippen LogP contribution in [0.25, 0.3) is 0 Å². The fraction of sp³-hybridized carbons (Fsp3) is 0.688. The Bertz CT molecular complexity index is 462. The number of methoxy groups -OCH3 is 1. The van der Waals surface area contributed by atoms with Crippen LogP contribution in [0.5, 0.6) is 5.75 Å². The lowest BCUT2D eigenvalue weighted by atomic mass is 9.93. The van der Waals surface area contributed by atoms with Crippen LogP contribution >= 0.6 is 0 Å². The van der Waals surface area contributed by atoms with E-state index in [0.29, 0.717) is 12.0 Å². The molecule has 4 heteroatoms. The van der Waals surface area contributed by atoms with Crippen molar-refractivity contribution >= 4 is 0 Å². The third-order valence-electron chi connectivity index (χ3n) is 4.37. The molecule has 0 bridgehead atoms. The van der Waals surface area contributed by atoms with Crippen LogP contribution in [0.4, 0.5) is 0 Å². The lowest BCUT2D eigenvalue weighted by Crippen LogP contribution is -2.42. The minimum absolute atomic E-state index is 0.272. The Morgan fingerprint density at radius 3 is 2.80 bits per heavy atom. The van der Waals surface area contributed by atoms with Gasteiger partial charge in [-0.2, -0.15) is 0 Å². The number of nitrogens with one attached hydrogen (secondary N) is 1. The van der Waals surface area contributed by atoms with Crippen LogP contribution in [0.3, 0.4) is 0 Å². The maximum atomic E-state index is 5.89. The molecule has 3 atom stereocenters. The van der Waals surface area contributed by atoms with Gasteiger partial charge in [0.15, 0.2) is 0 Å². The van der Waals surface area contributed by atoms with Crippen LogP contribution in [-0.4, -0.2) is 37.9 Å². The topological polar surface area (TPSA) is 43.4 Å². The lowest BCUT2D eigenvalue weighted by Gasteiger charge is -2.26. The van der Waals surface area contributed by atoms with E-state index < -0.39 is 0 Å². The highest BCUT2D eigenvalue weighted by Crippen LogP contribution is 2.28. The maximum absolute atomic E-state index is 5.89. The Labute approximate surface area is 121 Å². The number of rotatable bonds is 5. The minimum Gasteiger partial charge on any atom is -0.496 e. The third-order valence-corrected chi connectivity index (χ3v) is 4.37. The van der Waals surface area contributed by atoms with E-state index >= 15 is 0 Å². The van der Waals surface area contributed by atoms with Crippen molar-refractivity contribution < 1.29 is 9.47 Å². The molecule has 112 valence electrons. The molecule has 20 heavy (non-hydrogen) atoms. The molecule has 1 saturated heterocycles. The van der Waals surface area contributed by atoms with Crippen LogP contribution in [0.2, 0.25) is 0 Å². The highest BCUT2D eigenvalue weighted by Gasteiger charge is 2.32. The number of nitrogens with zero attached hydrogens (tertiary/aromatic N) is 1. The number of aromatic nitrogens is 1. The lowest BCUT2D eigenvalue weighted by molar-refractivity contribution is 0.0630. The molecule has 2 rings (SSSR count). The van der Waals surface area contributed by atoms with Gasteiger partial charge in [0.05, 0.1) is 13.2 Å². The first-order valence-electron chi connectivity index (χ1n) is 7.36. The zero-order valence-electron chi connectivity index (χ0n) is 13.2. The van der Waals surface area contributed by atoms with Crippen LogP contribution in [0.1, 0.15) is 30.2 Å². The fourth-order valence-corrected chi connectivity index (χ4v) is 3.10. The van der Waals surface area contributed by atoms with Gasteiger partial charge >= 0.3 is 0 Å². The molecule has 0 aromatic carbocycles. The molecule has 1 aliphatic rings. The third kappa shape index (κ3) is 2.96. The van der Waals surface area contributed by atoms with Gasteiger partial charge in [0.2, 0.25) is 0 Å². The van der Waals surface area contributed by atoms with E-state index in [1.54, 1.807) is 7.11 Å². The molecule has 0 radical (unpaired) electrons. The molecular weight excluding hydrogens is 252 g/mol. The molecule has 1 fully saturated rings. The molecule has 1 aromatic heterocycles. The van der Waals surface area contributed by atoms with Crippen molar-refractivity contribution in [1.29, 1.82) is 0 Å². The summed E-state index contributed by atoms with van der Waals surface area (Å²) >= 11 is 0. The van der Waals surface area contributed by atoms with Crippen molar-refractivity contribution in [3.05, 3.63) is 23.0 Å². The molecule has 0 saturated carbocycles. The molecule has 1 aliphatic heterocycles. The van der Waals surface area contributed by atoms with Gasteiger partial charge in [-0.15, -0.1) is 0 Å². The van der Waals surface area contributed by atoms with Crippen molar-refractivity contribution in [3.63, 3.8) is 0 Å². The number of aryl methyl sites for hydroxylation is 1. The Morgan fingerprint density at radius 2 is 2.25 bits per heavy atom. The summed E-state index contributed by atoms with van der Waals surface area (Å²) in [5.74, 6) is 1.55. The average molecular weight is 278 g/mol. The molecule has 2 heterocycles. The molecule has 0 amide bonds. The molecule has 1 N–H and O–H groups in total. The Balaban J connectivity index is 2.19. The van der Waals surface area contributed by atoms with Crippen LogP contribution in [-0.2, 0) is 11.2 Å². The van der Waals surface area contributed by atoms with Crippen molar-refractivity contribution in [2.45, 2.75) is 45.8 Å². The van der Waals surface area contributed by atoms with Gasteiger partial charge < -0.3 is 14.8 Å². The van der Waals surface area contributed by atoms with Crippen LogP contribution in [0.15, 0.2) is 6.20 Å². The Kier molecular flexibility index (Phi) is 5.00. The number of hydrogen-bond donors (Lipinski definition) is 1. The molecule has 3 unspecified atom stereocenters. The second-order valence-corrected chi connectivity index (χ2v) is 5.75. The first-order valence-corrected chi connectivity index (χ1v) is 7.36. The predicted octanol–water partition coefficient (Wildman–Crippen LogP) is 2.26. The van der Waals surface area contributed by atoms with Gasteiger partial charge in [0.1, 0.15) is 5.75 Å². The van der Waals surface area contributed by atoms with Crippen molar-refractivity contribution in [3.8, 4) is 5.75 Å². The summed E-state index contributed by atoms with van der Waals surface area (Å²) in [7, 11) is 3.72. The zero-order valence-corrected chi connectivity index (χ0v) is 13.2. The Morgan fingerprint density at radius 1 is 1.50 bits per heavy atom. The van der Waals surface area contributed by atoms with Crippen LogP contribution in [0, 0.1) is 19.8 Å². The summed E-state index contributed by atoms with van der Waals surface area (Å²) in [6.45, 7) is 7.24. The average Bonchev–Trinajstić information content (AvgIpc) is 2.85. The highest BCUT2D eigenvalue weighted by atomic mass is 16.5. The molecular formula is C16H26N2O2. The Hall–Kier alpha value is -1.13. The number of pyridine rings is 1. The van der Waals surface area contributed by atoms with Crippen molar-refractivity contribution in [1.82, 2.24) is 10.3 Å². The maximum Gasteiger partial charge on any atom is 0.128 e. The summed E-state index contributed by atoms with van der Waals surface area (Å²) in [5.41, 5.74) is 3.31. The highest BCUT2D eigenvalue weighted by molar-refractivity contribution is 5.41. The molecule has 4 nitrogen and oxygen atoms in total. The minimum atomic E-state index is 0.272. The standard InChI is InChI=1S/C16H26N2O2/c1-10-6-7-20-16(10)14(17-4)8-13-12(3)15(19-5)11(2)9-18-13/h9-10,14,16-17H,6-8H2,1-5H3. The van der Waals surface area contributed by atoms with E-state index in [2.05, 4.69) is 24.1 Å². The van der Waals surface area contributed by atoms with Crippen LogP contribution < -0.4 is 10.1 Å². The van der Waals surface area contributed by atoms with Gasteiger partial charge in [0, 0.05) is 42.1 Å². The van der Waals surface area contributed by atoms with Gasteiger partial charge in [-0.25, -0.2) is 0 Å². The van der Waals surface area contributed by atoms with E-state index in [1.165, 1.54) is 0 Å². The van der Waals surface area contributed by atoms with E-state index in [-0.39, 0.29) is 6.10 Å². The predicted molar refractivity (Wildman–Crippen MR) is 80.3 cm³/mol. The molecule has 0 aliphatic carbocycles. The van der Waals surface area contributed by atoms with Gasteiger partial charge in [-0.05, 0) is 33.2 Å². The quantitative estimate of drug-likeness (QED) is 0.897. The van der Waals surface area contributed by atoms with Gasteiger partial charge in [-0.1, -0.05) is 6.92 Å². The second kappa shape index (κ2) is 6.55. The van der Waals surface area contributed by atoms with E-state index in [9.17, 15) is 0 Å². The van der Waals surface area contributed by atoms with Crippen molar-refractivity contribution in [2.75, 3.05) is 20.8 Å². The van der Waals surface area contributed by atoms with Gasteiger partial charge in [-0.3, -0.25) is 4.98 Å². The monoisotopic (exact) mass is 278 g/mol. The van der Waals surface area contributed by atoms with Crippen molar-refractivity contribution in [2.24, 2.45) is 5.92 Å².